The van der Waals surface area contributed by atoms with Crippen LogP contribution in [0.25, 0.3) is 0 Å². The molecule has 0 spiro atoms. The predicted molar refractivity (Wildman–Crippen MR) is 94.4 cm³/mol. The molecule has 21 heavy (non-hydrogen) atoms. The van der Waals surface area contributed by atoms with Crippen LogP contribution in [0, 0.1) is 11.8 Å². The summed E-state index contributed by atoms with van der Waals surface area (Å²) in [4.78, 5) is 0. The lowest BCUT2D eigenvalue weighted by Gasteiger charge is -2.13. The van der Waals surface area contributed by atoms with Crippen molar-refractivity contribution in [3.05, 3.63) is 33.8 Å². The van der Waals surface area contributed by atoms with E-state index in [1.165, 1.54) is 24.0 Å². The highest BCUT2D eigenvalue weighted by Gasteiger charge is 2.05. The molecule has 0 aliphatic heterocycles. The molecule has 120 valence electrons. The highest BCUT2D eigenvalue weighted by molar-refractivity contribution is 9.10. The summed E-state index contributed by atoms with van der Waals surface area (Å²) in [6.07, 6.45) is 2.47. The van der Waals surface area contributed by atoms with Crippen LogP contribution >= 0.6 is 15.9 Å². The Bertz CT molecular complexity index is 406. The van der Waals surface area contributed by atoms with Gasteiger partial charge >= 0.3 is 0 Å². The van der Waals surface area contributed by atoms with Gasteiger partial charge in [-0.25, -0.2) is 0 Å². The lowest BCUT2D eigenvalue weighted by molar-refractivity contribution is 0.0890. The molecular weight excluding hydrogens is 326 g/mol. The van der Waals surface area contributed by atoms with Crippen LogP contribution in [0.1, 0.15) is 51.7 Å². The summed E-state index contributed by atoms with van der Waals surface area (Å²) in [7, 11) is 0. The zero-order valence-electron chi connectivity index (χ0n) is 13.9. The van der Waals surface area contributed by atoms with Crippen molar-refractivity contribution >= 4 is 15.9 Å². The van der Waals surface area contributed by atoms with Gasteiger partial charge in [-0.1, -0.05) is 62.2 Å². The van der Waals surface area contributed by atoms with Crippen LogP contribution in [-0.2, 0) is 17.9 Å². The summed E-state index contributed by atoms with van der Waals surface area (Å²) in [6.45, 7) is 12.4. The van der Waals surface area contributed by atoms with Crippen LogP contribution in [0.5, 0.6) is 0 Å². The van der Waals surface area contributed by atoms with Crippen molar-refractivity contribution in [2.45, 2.75) is 53.7 Å². The smallest absolute Gasteiger partial charge is 0.0727 e. The SMILES string of the molecule is CCCC(C)COCc1ccc(CNCC(C)C)cc1Br. The summed E-state index contributed by atoms with van der Waals surface area (Å²) in [5, 5.41) is 3.47. The quantitative estimate of drug-likeness (QED) is 0.626. The van der Waals surface area contributed by atoms with E-state index in [1.807, 2.05) is 0 Å². The Labute approximate surface area is 138 Å². The normalized spacial score (nSPS) is 12.9. The van der Waals surface area contributed by atoms with E-state index in [0.29, 0.717) is 18.4 Å². The Morgan fingerprint density at radius 3 is 2.62 bits per heavy atom. The first kappa shape index (κ1) is 18.7. The highest BCUT2D eigenvalue weighted by atomic mass is 79.9. The Hall–Kier alpha value is -0.380. The van der Waals surface area contributed by atoms with Gasteiger partial charge in [0.25, 0.3) is 0 Å². The van der Waals surface area contributed by atoms with Gasteiger partial charge in [0.2, 0.25) is 0 Å². The Kier molecular flexibility index (Phi) is 9.21. The van der Waals surface area contributed by atoms with Gasteiger partial charge in [0.1, 0.15) is 0 Å². The lowest BCUT2D eigenvalue weighted by Crippen LogP contribution is -2.18. The second-order valence-electron chi connectivity index (χ2n) is 6.36. The maximum atomic E-state index is 5.82. The average molecular weight is 356 g/mol. The molecule has 0 amide bonds. The number of halogens is 1. The summed E-state index contributed by atoms with van der Waals surface area (Å²) >= 11 is 3.66. The molecule has 0 heterocycles. The van der Waals surface area contributed by atoms with E-state index < -0.39 is 0 Å². The van der Waals surface area contributed by atoms with E-state index in [0.717, 1.165) is 24.2 Å². The molecule has 0 fully saturated rings. The molecular formula is C18H30BrNO. The first-order valence-corrected chi connectivity index (χ1v) is 8.88. The van der Waals surface area contributed by atoms with E-state index in [1.54, 1.807) is 0 Å². The van der Waals surface area contributed by atoms with Crippen LogP contribution in [0.3, 0.4) is 0 Å². The zero-order chi connectivity index (χ0) is 15.7. The molecule has 1 aromatic carbocycles. The molecule has 0 aromatic heterocycles. The third kappa shape index (κ3) is 7.98. The van der Waals surface area contributed by atoms with E-state index in [9.17, 15) is 0 Å². The zero-order valence-corrected chi connectivity index (χ0v) is 15.5. The third-order valence-electron chi connectivity index (χ3n) is 3.44. The van der Waals surface area contributed by atoms with Gasteiger partial charge in [0.05, 0.1) is 6.61 Å². The van der Waals surface area contributed by atoms with Crippen LogP contribution in [-0.4, -0.2) is 13.2 Å². The summed E-state index contributed by atoms with van der Waals surface area (Å²) in [6, 6.07) is 6.55. The molecule has 0 aliphatic carbocycles. The van der Waals surface area contributed by atoms with Gasteiger partial charge in [0, 0.05) is 17.6 Å². The second-order valence-corrected chi connectivity index (χ2v) is 7.21. The van der Waals surface area contributed by atoms with Crippen molar-refractivity contribution in [1.82, 2.24) is 5.32 Å². The summed E-state index contributed by atoms with van der Waals surface area (Å²) < 4.78 is 6.97. The lowest BCUT2D eigenvalue weighted by atomic mass is 10.1. The van der Waals surface area contributed by atoms with Crippen molar-refractivity contribution in [2.75, 3.05) is 13.2 Å². The van der Waals surface area contributed by atoms with Gasteiger partial charge in [-0.15, -0.1) is 0 Å². The topological polar surface area (TPSA) is 21.3 Å². The van der Waals surface area contributed by atoms with E-state index >= 15 is 0 Å². The highest BCUT2D eigenvalue weighted by Crippen LogP contribution is 2.20. The van der Waals surface area contributed by atoms with Crippen molar-refractivity contribution in [3.8, 4) is 0 Å². The minimum absolute atomic E-state index is 0.647. The van der Waals surface area contributed by atoms with Crippen LogP contribution < -0.4 is 5.32 Å². The van der Waals surface area contributed by atoms with E-state index in [2.05, 4.69) is 67.1 Å². The third-order valence-corrected chi connectivity index (χ3v) is 4.18. The molecule has 1 N–H and O–H groups in total. The molecule has 0 saturated heterocycles. The summed E-state index contributed by atoms with van der Waals surface area (Å²) in [5.41, 5.74) is 2.54. The molecule has 0 saturated carbocycles. The Morgan fingerprint density at radius 2 is 2.00 bits per heavy atom. The minimum atomic E-state index is 0.647. The number of nitrogens with one attached hydrogen (secondary N) is 1. The molecule has 1 unspecified atom stereocenters. The molecule has 1 aromatic rings. The van der Waals surface area contributed by atoms with Crippen molar-refractivity contribution < 1.29 is 4.74 Å². The maximum absolute atomic E-state index is 5.82. The fourth-order valence-electron chi connectivity index (χ4n) is 2.27. The van der Waals surface area contributed by atoms with Gasteiger partial charge in [-0.2, -0.15) is 0 Å². The number of benzene rings is 1. The first-order valence-electron chi connectivity index (χ1n) is 8.08. The van der Waals surface area contributed by atoms with Crippen LogP contribution in [0.2, 0.25) is 0 Å². The maximum Gasteiger partial charge on any atom is 0.0727 e. The van der Waals surface area contributed by atoms with Crippen molar-refractivity contribution in [1.29, 1.82) is 0 Å². The monoisotopic (exact) mass is 355 g/mol. The molecule has 0 aliphatic rings. The molecule has 0 radical (unpaired) electrons. The number of hydrogen-bond acceptors (Lipinski definition) is 2. The minimum Gasteiger partial charge on any atom is -0.376 e. The van der Waals surface area contributed by atoms with Gasteiger partial charge in [-0.05, 0) is 42.0 Å². The summed E-state index contributed by atoms with van der Waals surface area (Å²) in [5.74, 6) is 1.33. The first-order chi connectivity index (χ1) is 10.0. The predicted octanol–water partition coefficient (Wildman–Crippen LogP) is 5.15. The molecule has 2 nitrogen and oxygen atoms in total. The van der Waals surface area contributed by atoms with E-state index in [4.69, 9.17) is 4.74 Å². The Balaban J connectivity index is 2.39. The van der Waals surface area contributed by atoms with Crippen molar-refractivity contribution in [3.63, 3.8) is 0 Å². The van der Waals surface area contributed by atoms with Gasteiger partial charge in [-0.3, -0.25) is 0 Å². The largest absolute Gasteiger partial charge is 0.376 e. The second kappa shape index (κ2) is 10.4. The standard InChI is InChI=1S/C18H30BrNO/c1-5-6-15(4)12-21-13-17-8-7-16(9-18(17)19)11-20-10-14(2)3/h7-9,14-15,20H,5-6,10-13H2,1-4H3. The van der Waals surface area contributed by atoms with Gasteiger partial charge in [0.15, 0.2) is 0 Å². The van der Waals surface area contributed by atoms with Gasteiger partial charge < -0.3 is 10.1 Å². The molecule has 3 heteroatoms. The Morgan fingerprint density at radius 1 is 1.24 bits per heavy atom. The molecule has 0 bridgehead atoms. The number of ether oxygens (including phenoxy) is 1. The van der Waals surface area contributed by atoms with Crippen LogP contribution in [0.15, 0.2) is 22.7 Å². The van der Waals surface area contributed by atoms with Crippen LogP contribution in [0.4, 0.5) is 0 Å². The van der Waals surface area contributed by atoms with E-state index in [-0.39, 0.29) is 0 Å². The van der Waals surface area contributed by atoms with Crippen molar-refractivity contribution in [2.24, 2.45) is 11.8 Å². The number of hydrogen-bond donors (Lipinski definition) is 1. The molecule has 1 rings (SSSR count). The fraction of sp³-hybridized carbons (Fsp3) is 0.667. The fourth-order valence-corrected chi connectivity index (χ4v) is 2.81. The number of rotatable bonds is 10. The molecule has 1 atom stereocenters. The average Bonchev–Trinajstić information content (AvgIpc) is 2.41.